The van der Waals surface area contributed by atoms with Crippen LogP contribution in [-0.2, 0) is 28.6 Å². The van der Waals surface area contributed by atoms with E-state index in [1.54, 1.807) is 0 Å². The first-order valence-corrected chi connectivity index (χ1v) is 26.8. The fourth-order valence-electron chi connectivity index (χ4n) is 7.80. The summed E-state index contributed by atoms with van der Waals surface area (Å²) in [6.07, 6.45) is 59.9. The Labute approximate surface area is 400 Å². The molecule has 0 spiro atoms. The van der Waals surface area contributed by atoms with Gasteiger partial charge in [-0.25, -0.2) is 4.79 Å². The maximum absolute atomic E-state index is 12.8. The van der Waals surface area contributed by atoms with Gasteiger partial charge >= 0.3 is 17.9 Å². The minimum absolute atomic E-state index is 0.0552. The summed E-state index contributed by atoms with van der Waals surface area (Å²) < 4.78 is 17.4. The predicted molar refractivity (Wildman–Crippen MR) is 275 cm³/mol. The standard InChI is InChI=1S/C57H101NO7/c1-6-8-10-12-14-16-18-20-22-24-26-27-28-29-30-32-34-36-38-40-42-44-46-48-56(60)65-53(51-63-50-49-54(57(61)62)58(3,4)5)52-64-55(59)47-45-43-41-39-37-35-33-31-25-23-21-19-17-15-13-11-9-7-2/h8,10,14,16,20,22-23,25,31,33,53-54H,6-7,9,11-13,15,17-19,21,24,26-30,32,34-52H2,1-5H3/p+1/b10-8+,16-14+,22-20+,25-23+,33-31+. The van der Waals surface area contributed by atoms with Crippen molar-refractivity contribution in [3.05, 3.63) is 60.8 Å². The Morgan fingerprint density at radius 3 is 1.37 bits per heavy atom. The number of carbonyl (C=O) groups is 3. The zero-order valence-electron chi connectivity index (χ0n) is 42.9. The smallest absolute Gasteiger partial charge is 0.362 e. The van der Waals surface area contributed by atoms with Gasteiger partial charge in [-0.05, 0) is 70.6 Å². The maximum Gasteiger partial charge on any atom is 0.362 e. The van der Waals surface area contributed by atoms with Crippen LogP contribution in [0.3, 0.4) is 0 Å². The van der Waals surface area contributed by atoms with E-state index in [1.165, 1.54) is 122 Å². The number of aliphatic carboxylic acids is 1. The van der Waals surface area contributed by atoms with Gasteiger partial charge in [0.2, 0.25) is 0 Å². The van der Waals surface area contributed by atoms with Crippen LogP contribution in [-0.4, -0.2) is 80.6 Å². The van der Waals surface area contributed by atoms with Gasteiger partial charge in [0.15, 0.2) is 12.1 Å². The zero-order chi connectivity index (χ0) is 47.7. The van der Waals surface area contributed by atoms with Gasteiger partial charge in [-0.3, -0.25) is 9.59 Å². The molecule has 0 aliphatic rings. The monoisotopic (exact) mass is 913 g/mol. The highest BCUT2D eigenvalue weighted by Crippen LogP contribution is 2.16. The molecule has 0 saturated carbocycles. The highest BCUT2D eigenvalue weighted by Gasteiger charge is 2.31. The van der Waals surface area contributed by atoms with Gasteiger partial charge in [0.25, 0.3) is 0 Å². The second kappa shape index (κ2) is 47.5. The maximum atomic E-state index is 12.8. The van der Waals surface area contributed by atoms with E-state index in [4.69, 9.17) is 14.2 Å². The molecule has 0 aromatic heterocycles. The van der Waals surface area contributed by atoms with Crippen LogP contribution in [0.4, 0.5) is 0 Å². The Balaban J connectivity index is 4.23. The third-order valence-electron chi connectivity index (χ3n) is 11.9. The number of nitrogens with zero attached hydrogens (tertiary/aromatic N) is 1. The normalized spacial score (nSPS) is 13.3. The molecule has 8 nitrogen and oxygen atoms in total. The van der Waals surface area contributed by atoms with Crippen LogP contribution < -0.4 is 0 Å². The van der Waals surface area contributed by atoms with Crippen molar-refractivity contribution >= 4 is 17.9 Å². The number of hydrogen-bond acceptors (Lipinski definition) is 6. The average molecular weight is 913 g/mol. The molecule has 0 fully saturated rings. The largest absolute Gasteiger partial charge is 0.477 e. The van der Waals surface area contributed by atoms with Crippen LogP contribution in [0.1, 0.15) is 232 Å². The van der Waals surface area contributed by atoms with E-state index in [0.29, 0.717) is 19.3 Å². The summed E-state index contributed by atoms with van der Waals surface area (Å²) >= 11 is 0. The molecule has 0 saturated heterocycles. The Hall–Kier alpha value is -2.97. The lowest BCUT2D eigenvalue weighted by Crippen LogP contribution is -2.50. The molecule has 0 radical (unpaired) electrons. The summed E-state index contributed by atoms with van der Waals surface area (Å²) in [6, 6.07) is -0.619. The molecule has 0 bridgehead atoms. The lowest BCUT2D eigenvalue weighted by atomic mass is 10.0. The number of carbonyl (C=O) groups excluding carboxylic acids is 2. The molecule has 1 N–H and O–H groups in total. The van der Waals surface area contributed by atoms with Gasteiger partial charge in [-0.1, -0.05) is 203 Å². The SMILES string of the molecule is CC/C=C/C/C=C/C/C=C/CCCCCCCCCCCCCCCC(=O)OC(COCCC(C(=O)O)[N+](C)(C)C)COC(=O)CCCCCCC/C=C/C=C/CCCCCCCCC. The van der Waals surface area contributed by atoms with Crippen molar-refractivity contribution in [1.82, 2.24) is 0 Å². The fourth-order valence-corrected chi connectivity index (χ4v) is 7.80. The minimum Gasteiger partial charge on any atom is -0.477 e. The number of carboxylic acids is 1. The van der Waals surface area contributed by atoms with Crippen molar-refractivity contribution in [2.24, 2.45) is 0 Å². The second-order valence-electron chi connectivity index (χ2n) is 19.1. The minimum atomic E-state index is -0.877. The number of ether oxygens (including phenoxy) is 3. The van der Waals surface area contributed by atoms with E-state index in [1.807, 2.05) is 21.1 Å². The van der Waals surface area contributed by atoms with Gasteiger partial charge in [0.05, 0.1) is 34.4 Å². The number of unbranched alkanes of at least 4 members (excludes halogenated alkanes) is 25. The predicted octanol–water partition coefficient (Wildman–Crippen LogP) is 15.7. The van der Waals surface area contributed by atoms with Crippen LogP contribution in [0.5, 0.6) is 0 Å². The van der Waals surface area contributed by atoms with Crippen molar-refractivity contribution in [3.8, 4) is 0 Å². The molecule has 0 aromatic carbocycles. The van der Waals surface area contributed by atoms with E-state index in [2.05, 4.69) is 74.6 Å². The zero-order valence-corrected chi connectivity index (χ0v) is 42.9. The van der Waals surface area contributed by atoms with Crippen LogP contribution in [0, 0.1) is 0 Å². The molecule has 65 heavy (non-hydrogen) atoms. The van der Waals surface area contributed by atoms with E-state index in [-0.39, 0.29) is 36.2 Å². The number of carboxylic acid groups (broad SMARTS) is 1. The Bertz CT molecular complexity index is 1250. The Morgan fingerprint density at radius 2 is 0.908 bits per heavy atom. The quantitative estimate of drug-likeness (QED) is 0.0213. The van der Waals surface area contributed by atoms with Crippen LogP contribution in [0.15, 0.2) is 60.8 Å². The molecular formula is C57H102NO7+. The average Bonchev–Trinajstić information content (AvgIpc) is 3.27. The second-order valence-corrected chi connectivity index (χ2v) is 19.1. The van der Waals surface area contributed by atoms with Crippen LogP contribution in [0.2, 0.25) is 0 Å². The van der Waals surface area contributed by atoms with Gasteiger partial charge in [-0.15, -0.1) is 0 Å². The summed E-state index contributed by atoms with van der Waals surface area (Å²) in [4.78, 5) is 37.2. The fraction of sp³-hybridized carbons (Fsp3) is 0.772. The third kappa shape index (κ3) is 46.0. The number of esters is 2. The molecule has 0 rings (SSSR count). The summed E-state index contributed by atoms with van der Waals surface area (Å²) in [5.41, 5.74) is 0. The lowest BCUT2D eigenvalue weighted by Gasteiger charge is -2.31. The third-order valence-corrected chi connectivity index (χ3v) is 11.9. The van der Waals surface area contributed by atoms with E-state index in [9.17, 15) is 19.5 Å². The van der Waals surface area contributed by atoms with Gasteiger partial charge < -0.3 is 23.8 Å². The highest BCUT2D eigenvalue weighted by molar-refractivity contribution is 5.72. The molecule has 8 heteroatoms. The topological polar surface area (TPSA) is 99.1 Å². The van der Waals surface area contributed by atoms with Crippen molar-refractivity contribution in [2.75, 3.05) is 41.0 Å². The lowest BCUT2D eigenvalue weighted by molar-refractivity contribution is -0.887. The molecule has 2 unspecified atom stereocenters. The van der Waals surface area contributed by atoms with Crippen LogP contribution >= 0.6 is 0 Å². The summed E-state index contributed by atoms with van der Waals surface area (Å²) in [6.45, 7) is 4.63. The first-order valence-electron chi connectivity index (χ1n) is 26.8. The van der Waals surface area contributed by atoms with Gasteiger partial charge in [-0.2, -0.15) is 0 Å². The van der Waals surface area contributed by atoms with Crippen molar-refractivity contribution < 1.29 is 38.2 Å². The number of allylic oxidation sites excluding steroid dienone is 10. The molecule has 0 amide bonds. The molecule has 0 heterocycles. The summed E-state index contributed by atoms with van der Waals surface area (Å²) in [7, 11) is 5.53. The molecule has 0 aliphatic heterocycles. The summed E-state index contributed by atoms with van der Waals surface area (Å²) in [5, 5.41) is 9.66. The summed E-state index contributed by atoms with van der Waals surface area (Å²) in [5.74, 6) is -1.48. The van der Waals surface area contributed by atoms with Crippen molar-refractivity contribution in [3.63, 3.8) is 0 Å². The molecule has 0 aromatic rings. The van der Waals surface area contributed by atoms with Gasteiger partial charge in [0.1, 0.15) is 6.61 Å². The Morgan fingerprint density at radius 1 is 0.492 bits per heavy atom. The molecular weight excluding hydrogens is 811 g/mol. The highest BCUT2D eigenvalue weighted by atomic mass is 16.6. The molecule has 2 atom stereocenters. The number of hydrogen-bond donors (Lipinski definition) is 1. The van der Waals surface area contributed by atoms with E-state index >= 15 is 0 Å². The molecule has 0 aliphatic carbocycles. The first kappa shape index (κ1) is 62.0. The number of likely N-dealkylation sites (N-methyl/N-ethyl adjacent to an activating group) is 1. The van der Waals surface area contributed by atoms with Gasteiger partial charge in [0, 0.05) is 19.3 Å². The van der Waals surface area contributed by atoms with Crippen molar-refractivity contribution in [2.45, 2.75) is 244 Å². The Kier molecular flexibility index (Phi) is 45.3. The number of rotatable bonds is 48. The number of quaternary nitrogens is 1. The van der Waals surface area contributed by atoms with Crippen molar-refractivity contribution in [1.29, 1.82) is 0 Å². The van der Waals surface area contributed by atoms with E-state index < -0.39 is 18.1 Å². The van der Waals surface area contributed by atoms with Crippen LogP contribution in [0.25, 0.3) is 0 Å². The molecule has 376 valence electrons. The first-order chi connectivity index (χ1) is 31.6. The van der Waals surface area contributed by atoms with E-state index in [0.717, 1.165) is 77.0 Å².